The first-order valence-corrected chi connectivity index (χ1v) is 5.15. The van der Waals surface area contributed by atoms with E-state index < -0.39 is 0 Å². The van der Waals surface area contributed by atoms with Gasteiger partial charge in [0.25, 0.3) is 0 Å². The summed E-state index contributed by atoms with van der Waals surface area (Å²) in [4.78, 5) is 7.80. The first-order chi connectivity index (χ1) is 8.72. The average molecular weight is 247 g/mol. The predicted octanol–water partition coefficient (Wildman–Crippen LogP) is 1.15. The Bertz CT molecular complexity index is 547. The second-order valence-electron chi connectivity index (χ2n) is 3.35. The first kappa shape index (κ1) is 11.9. The SMILES string of the molecule is COc1ccccc1Oc1cc(NN)nc(N)n1. The number of para-hydroxylation sites is 2. The molecular weight excluding hydrogens is 234 g/mol. The van der Waals surface area contributed by atoms with Crippen LogP contribution in [0.15, 0.2) is 30.3 Å². The molecule has 0 atom stereocenters. The molecule has 7 nitrogen and oxygen atoms in total. The van der Waals surface area contributed by atoms with Gasteiger partial charge in [-0.3, -0.25) is 0 Å². The Hall–Kier alpha value is -2.54. The summed E-state index contributed by atoms with van der Waals surface area (Å²) in [6.45, 7) is 0. The molecule has 0 unspecified atom stereocenters. The molecule has 0 aliphatic rings. The molecule has 1 aromatic heterocycles. The van der Waals surface area contributed by atoms with E-state index in [1.165, 1.54) is 6.07 Å². The number of nitrogens with zero attached hydrogens (tertiary/aromatic N) is 2. The minimum atomic E-state index is 0.0651. The molecular formula is C11H13N5O2. The summed E-state index contributed by atoms with van der Waals surface area (Å²) >= 11 is 0. The van der Waals surface area contributed by atoms with E-state index in [-0.39, 0.29) is 11.8 Å². The number of ether oxygens (including phenoxy) is 2. The van der Waals surface area contributed by atoms with Gasteiger partial charge in [0, 0.05) is 6.07 Å². The first-order valence-electron chi connectivity index (χ1n) is 5.15. The van der Waals surface area contributed by atoms with Gasteiger partial charge in [0.2, 0.25) is 11.8 Å². The fraction of sp³-hybridized carbons (Fsp3) is 0.0909. The fourth-order valence-corrected chi connectivity index (χ4v) is 1.38. The van der Waals surface area contributed by atoms with Crippen molar-refractivity contribution in [2.24, 2.45) is 5.84 Å². The van der Waals surface area contributed by atoms with Crippen LogP contribution in [0, 0.1) is 0 Å². The molecule has 1 aromatic carbocycles. The summed E-state index contributed by atoms with van der Waals surface area (Å²) in [5.41, 5.74) is 7.91. The fourth-order valence-electron chi connectivity index (χ4n) is 1.38. The van der Waals surface area contributed by atoms with Crippen molar-refractivity contribution in [2.45, 2.75) is 0 Å². The van der Waals surface area contributed by atoms with Crippen LogP contribution >= 0.6 is 0 Å². The van der Waals surface area contributed by atoms with Crippen LogP contribution in [-0.4, -0.2) is 17.1 Å². The molecule has 0 aliphatic carbocycles. The van der Waals surface area contributed by atoms with Crippen molar-refractivity contribution in [3.63, 3.8) is 0 Å². The van der Waals surface area contributed by atoms with E-state index >= 15 is 0 Å². The average Bonchev–Trinajstić information content (AvgIpc) is 2.38. The number of aromatic nitrogens is 2. The summed E-state index contributed by atoms with van der Waals surface area (Å²) in [6.07, 6.45) is 0. The van der Waals surface area contributed by atoms with Crippen molar-refractivity contribution >= 4 is 11.8 Å². The van der Waals surface area contributed by atoms with Crippen LogP contribution in [0.3, 0.4) is 0 Å². The number of benzene rings is 1. The minimum absolute atomic E-state index is 0.0651. The number of hydrogen-bond acceptors (Lipinski definition) is 7. The van der Waals surface area contributed by atoms with Crippen molar-refractivity contribution < 1.29 is 9.47 Å². The Labute approximate surface area is 104 Å². The van der Waals surface area contributed by atoms with Crippen LogP contribution in [-0.2, 0) is 0 Å². The molecule has 0 radical (unpaired) electrons. The predicted molar refractivity (Wildman–Crippen MR) is 67.3 cm³/mol. The lowest BCUT2D eigenvalue weighted by atomic mass is 10.3. The lowest BCUT2D eigenvalue weighted by molar-refractivity contribution is 0.374. The normalized spacial score (nSPS) is 9.89. The van der Waals surface area contributed by atoms with Crippen LogP contribution < -0.4 is 26.5 Å². The molecule has 0 saturated carbocycles. The van der Waals surface area contributed by atoms with E-state index in [0.717, 1.165) is 0 Å². The van der Waals surface area contributed by atoms with Gasteiger partial charge in [-0.2, -0.15) is 9.97 Å². The van der Waals surface area contributed by atoms with E-state index in [4.69, 9.17) is 21.1 Å². The van der Waals surface area contributed by atoms with Crippen LogP contribution in [0.2, 0.25) is 0 Å². The monoisotopic (exact) mass is 247 g/mol. The van der Waals surface area contributed by atoms with Gasteiger partial charge in [-0.25, -0.2) is 5.84 Å². The zero-order valence-electron chi connectivity index (χ0n) is 9.75. The highest BCUT2D eigenvalue weighted by Crippen LogP contribution is 2.30. The molecule has 0 amide bonds. The van der Waals surface area contributed by atoms with Gasteiger partial charge in [-0.05, 0) is 12.1 Å². The Kier molecular flexibility index (Phi) is 3.44. The second kappa shape index (κ2) is 5.19. The Morgan fingerprint density at radius 1 is 1.17 bits per heavy atom. The molecule has 5 N–H and O–H groups in total. The van der Waals surface area contributed by atoms with E-state index in [1.807, 2.05) is 12.1 Å². The van der Waals surface area contributed by atoms with Crippen molar-refractivity contribution in [1.82, 2.24) is 9.97 Å². The molecule has 94 valence electrons. The Morgan fingerprint density at radius 3 is 2.56 bits per heavy atom. The second-order valence-corrected chi connectivity index (χ2v) is 3.35. The number of nitrogens with two attached hydrogens (primary N) is 2. The van der Waals surface area contributed by atoms with E-state index in [9.17, 15) is 0 Å². The van der Waals surface area contributed by atoms with Crippen LogP contribution in [0.4, 0.5) is 11.8 Å². The third-order valence-electron chi connectivity index (χ3n) is 2.15. The van der Waals surface area contributed by atoms with Crippen LogP contribution in [0.5, 0.6) is 17.4 Å². The molecule has 0 bridgehead atoms. The van der Waals surface area contributed by atoms with Gasteiger partial charge < -0.3 is 20.6 Å². The zero-order valence-corrected chi connectivity index (χ0v) is 9.75. The number of hydrogen-bond donors (Lipinski definition) is 3. The largest absolute Gasteiger partial charge is 0.493 e. The van der Waals surface area contributed by atoms with Crippen molar-refractivity contribution in [3.05, 3.63) is 30.3 Å². The van der Waals surface area contributed by atoms with Gasteiger partial charge >= 0.3 is 0 Å². The smallest absolute Gasteiger partial charge is 0.226 e. The molecule has 0 saturated heterocycles. The number of hydrazine groups is 1. The van der Waals surface area contributed by atoms with Crippen LogP contribution in [0.25, 0.3) is 0 Å². The highest BCUT2D eigenvalue weighted by atomic mass is 16.5. The van der Waals surface area contributed by atoms with Crippen molar-refractivity contribution in [3.8, 4) is 17.4 Å². The third kappa shape index (κ3) is 2.58. The van der Waals surface area contributed by atoms with Crippen molar-refractivity contribution in [1.29, 1.82) is 0 Å². The highest BCUT2D eigenvalue weighted by molar-refractivity contribution is 5.46. The van der Waals surface area contributed by atoms with Gasteiger partial charge in [-0.15, -0.1) is 0 Å². The Morgan fingerprint density at radius 2 is 1.89 bits per heavy atom. The maximum Gasteiger partial charge on any atom is 0.226 e. The van der Waals surface area contributed by atoms with Gasteiger partial charge in [0.1, 0.15) is 5.82 Å². The maximum absolute atomic E-state index is 5.57. The number of nitrogens with one attached hydrogen (secondary N) is 1. The molecule has 18 heavy (non-hydrogen) atoms. The number of rotatable bonds is 4. The molecule has 2 aromatic rings. The van der Waals surface area contributed by atoms with Crippen molar-refractivity contribution in [2.75, 3.05) is 18.3 Å². The molecule has 0 aliphatic heterocycles. The summed E-state index contributed by atoms with van der Waals surface area (Å²) in [5.74, 6) is 7.09. The summed E-state index contributed by atoms with van der Waals surface area (Å²) < 4.78 is 10.7. The number of anilines is 2. The lowest BCUT2D eigenvalue weighted by Gasteiger charge is -2.10. The highest BCUT2D eigenvalue weighted by Gasteiger charge is 2.07. The van der Waals surface area contributed by atoms with Gasteiger partial charge in [0.05, 0.1) is 7.11 Å². The molecule has 0 fully saturated rings. The van der Waals surface area contributed by atoms with E-state index in [0.29, 0.717) is 17.3 Å². The van der Waals surface area contributed by atoms with E-state index in [1.54, 1.807) is 19.2 Å². The minimum Gasteiger partial charge on any atom is -0.493 e. The topological polar surface area (TPSA) is 108 Å². The summed E-state index contributed by atoms with van der Waals surface area (Å²) in [5, 5.41) is 0. The molecule has 0 spiro atoms. The standard InChI is InChI=1S/C11H13N5O2/c1-17-7-4-2-3-5-8(7)18-10-6-9(16-13)14-11(12)15-10/h2-6H,13H2,1H3,(H3,12,14,15,16). The molecule has 2 rings (SSSR count). The molecule has 7 heteroatoms. The summed E-state index contributed by atoms with van der Waals surface area (Å²) in [6, 6.07) is 8.73. The third-order valence-corrected chi connectivity index (χ3v) is 2.15. The van der Waals surface area contributed by atoms with E-state index in [2.05, 4.69) is 15.4 Å². The van der Waals surface area contributed by atoms with Crippen LogP contribution in [0.1, 0.15) is 0 Å². The lowest BCUT2D eigenvalue weighted by Crippen LogP contribution is -2.10. The molecule has 1 heterocycles. The summed E-state index contributed by atoms with van der Waals surface area (Å²) in [7, 11) is 1.56. The maximum atomic E-state index is 5.57. The number of methoxy groups -OCH3 is 1. The van der Waals surface area contributed by atoms with Gasteiger partial charge in [0.15, 0.2) is 11.5 Å². The Balaban J connectivity index is 2.30. The van der Waals surface area contributed by atoms with Gasteiger partial charge in [-0.1, -0.05) is 12.1 Å². The zero-order chi connectivity index (χ0) is 13.0. The number of nitrogen functional groups attached to an aromatic ring is 2. The quantitative estimate of drug-likeness (QED) is 0.549.